The summed E-state index contributed by atoms with van der Waals surface area (Å²) in [5.74, 6) is -0.290. The van der Waals surface area contributed by atoms with E-state index in [-0.39, 0.29) is 5.91 Å². The number of azide groups is 1. The molecule has 0 unspecified atom stereocenters. The molecule has 2 aromatic carbocycles. The Morgan fingerprint density at radius 3 is 2.65 bits per heavy atom. The second-order valence-electron chi connectivity index (χ2n) is 4.41. The minimum atomic E-state index is -0.290. The first-order valence-corrected chi connectivity index (χ1v) is 6.15. The molecule has 20 heavy (non-hydrogen) atoms. The summed E-state index contributed by atoms with van der Waals surface area (Å²) in [7, 11) is 0. The zero-order chi connectivity index (χ0) is 14.5. The van der Waals surface area contributed by atoms with E-state index in [4.69, 9.17) is 5.53 Å². The summed E-state index contributed by atoms with van der Waals surface area (Å²) in [6, 6.07) is 12.4. The molecular formula is C15H14N4O. The Hall–Kier alpha value is -2.78. The highest BCUT2D eigenvalue weighted by Gasteiger charge is 2.11. The van der Waals surface area contributed by atoms with Crippen LogP contribution in [0.15, 0.2) is 47.6 Å². The molecule has 1 amide bonds. The lowest BCUT2D eigenvalue weighted by Gasteiger charge is -2.11. The SMILES string of the molecule is Cc1cccc(NC(=O)c2ccccc2N=[N+]=[N-])c1C. The number of hydrogen-bond donors (Lipinski definition) is 1. The van der Waals surface area contributed by atoms with Crippen molar-refractivity contribution in [1.82, 2.24) is 0 Å². The molecule has 0 aliphatic heterocycles. The van der Waals surface area contributed by atoms with Gasteiger partial charge >= 0.3 is 0 Å². The van der Waals surface area contributed by atoms with E-state index < -0.39 is 0 Å². The van der Waals surface area contributed by atoms with Gasteiger partial charge in [0.25, 0.3) is 5.91 Å². The molecule has 2 aromatic rings. The van der Waals surface area contributed by atoms with E-state index in [1.54, 1.807) is 24.3 Å². The van der Waals surface area contributed by atoms with Crippen LogP contribution in [-0.4, -0.2) is 5.91 Å². The summed E-state index contributed by atoms with van der Waals surface area (Å²) in [6.07, 6.45) is 0. The van der Waals surface area contributed by atoms with Crippen LogP contribution in [-0.2, 0) is 0 Å². The van der Waals surface area contributed by atoms with E-state index in [1.807, 2.05) is 32.0 Å². The molecule has 0 atom stereocenters. The number of benzene rings is 2. The Balaban J connectivity index is 2.33. The van der Waals surface area contributed by atoms with Crippen molar-refractivity contribution in [2.45, 2.75) is 13.8 Å². The van der Waals surface area contributed by atoms with E-state index in [2.05, 4.69) is 15.3 Å². The summed E-state index contributed by atoms with van der Waals surface area (Å²) in [6.45, 7) is 3.93. The maximum Gasteiger partial charge on any atom is 0.256 e. The summed E-state index contributed by atoms with van der Waals surface area (Å²) in [5, 5.41) is 6.37. The predicted molar refractivity (Wildman–Crippen MR) is 79.1 cm³/mol. The number of anilines is 1. The first kappa shape index (κ1) is 13.6. The number of nitrogens with zero attached hydrogens (tertiary/aromatic N) is 3. The molecule has 0 saturated heterocycles. The van der Waals surface area contributed by atoms with Crippen LogP contribution >= 0.6 is 0 Å². The summed E-state index contributed by atoms with van der Waals surface area (Å²) >= 11 is 0. The smallest absolute Gasteiger partial charge is 0.256 e. The number of nitrogens with one attached hydrogen (secondary N) is 1. The van der Waals surface area contributed by atoms with E-state index in [0.29, 0.717) is 11.3 Å². The van der Waals surface area contributed by atoms with Crippen molar-refractivity contribution in [3.63, 3.8) is 0 Å². The van der Waals surface area contributed by atoms with Crippen LogP contribution in [0.2, 0.25) is 0 Å². The fourth-order valence-electron chi connectivity index (χ4n) is 1.88. The molecule has 0 aliphatic carbocycles. The summed E-state index contributed by atoms with van der Waals surface area (Å²) < 4.78 is 0. The van der Waals surface area contributed by atoms with Crippen LogP contribution in [0, 0.1) is 13.8 Å². The average Bonchev–Trinajstić information content (AvgIpc) is 2.45. The van der Waals surface area contributed by atoms with Gasteiger partial charge in [0.1, 0.15) is 0 Å². The topological polar surface area (TPSA) is 77.9 Å². The van der Waals surface area contributed by atoms with Gasteiger partial charge in [-0.3, -0.25) is 4.79 Å². The quantitative estimate of drug-likeness (QED) is 0.495. The third-order valence-electron chi connectivity index (χ3n) is 3.15. The van der Waals surface area contributed by atoms with Gasteiger partial charge < -0.3 is 5.32 Å². The Bertz CT molecular complexity index is 703. The van der Waals surface area contributed by atoms with E-state index in [9.17, 15) is 4.79 Å². The predicted octanol–water partition coefficient (Wildman–Crippen LogP) is 4.50. The van der Waals surface area contributed by atoms with Gasteiger partial charge in [0.05, 0.1) is 5.69 Å². The highest BCUT2D eigenvalue weighted by molar-refractivity contribution is 6.07. The molecule has 100 valence electrons. The second kappa shape index (κ2) is 5.91. The molecule has 5 heteroatoms. The van der Waals surface area contributed by atoms with Crippen LogP contribution < -0.4 is 5.32 Å². The number of rotatable bonds is 3. The fourth-order valence-corrected chi connectivity index (χ4v) is 1.88. The first-order chi connectivity index (χ1) is 9.63. The minimum Gasteiger partial charge on any atom is -0.322 e. The average molecular weight is 266 g/mol. The molecular weight excluding hydrogens is 252 g/mol. The molecule has 0 bridgehead atoms. The molecule has 0 saturated carbocycles. The molecule has 0 spiro atoms. The van der Waals surface area contributed by atoms with Crippen LogP contribution in [0.4, 0.5) is 11.4 Å². The van der Waals surface area contributed by atoms with Gasteiger partial charge in [-0.25, -0.2) is 0 Å². The normalized spacial score (nSPS) is 9.70. The fraction of sp³-hybridized carbons (Fsp3) is 0.133. The van der Waals surface area contributed by atoms with Gasteiger partial charge in [0.15, 0.2) is 0 Å². The van der Waals surface area contributed by atoms with Crippen LogP contribution in [0.5, 0.6) is 0 Å². The number of aryl methyl sites for hydroxylation is 1. The highest BCUT2D eigenvalue weighted by Crippen LogP contribution is 2.22. The molecule has 0 aliphatic rings. The van der Waals surface area contributed by atoms with Gasteiger partial charge in [0.2, 0.25) is 0 Å². The monoisotopic (exact) mass is 266 g/mol. The van der Waals surface area contributed by atoms with E-state index in [0.717, 1.165) is 16.8 Å². The minimum absolute atomic E-state index is 0.290. The molecule has 0 aromatic heterocycles. The Kier molecular flexibility index (Phi) is 4.03. The number of carbonyl (C=O) groups excluding carboxylic acids is 1. The third-order valence-corrected chi connectivity index (χ3v) is 3.15. The maximum absolute atomic E-state index is 12.3. The second-order valence-corrected chi connectivity index (χ2v) is 4.41. The summed E-state index contributed by atoms with van der Waals surface area (Å²) in [5.41, 5.74) is 12.1. The van der Waals surface area contributed by atoms with Gasteiger partial charge in [0, 0.05) is 16.2 Å². The van der Waals surface area contributed by atoms with Crippen molar-refractivity contribution >= 4 is 17.3 Å². The maximum atomic E-state index is 12.3. The molecule has 0 radical (unpaired) electrons. The molecule has 5 nitrogen and oxygen atoms in total. The summed E-state index contributed by atoms with van der Waals surface area (Å²) in [4.78, 5) is 15.0. The largest absolute Gasteiger partial charge is 0.322 e. The van der Waals surface area contributed by atoms with Crippen molar-refractivity contribution in [1.29, 1.82) is 0 Å². The van der Waals surface area contributed by atoms with Crippen molar-refractivity contribution in [3.05, 3.63) is 69.6 Å². The van der Waals surface area contributed by atoms with Gasteiger partial charge in [-0.05, 0) is 42.6 Å². The lowest BCUT2D eigenvalue weighted by atomic mass is 10.1. The molecule has 0 fully saturated rings. The van der Waals surface area contributed by atoms with Crippen LogP contribution in [0.3, 0.4) is 0 Å². The zero-order valence-corrected chi connectivity index (χ0v) is 11.3. The zero-order valence-electron chi connectivity index (χ0n) is 11.3. The molecule has 2 rings (SSSR count). The number of hydrogen-bond acceptors (Lipinski definition) is 2. The van der Waals surface area contributed by atoms with Crippen molar-refractivity contribution in [2.24, 2.45) is 5.11 Å². The lowest BCUT2D eigenvalue weighted by molar-refractivity contribution is 0.102. The van der Waals surface area contributed by atoms with Crippen molar-refractivity contribution < 1.29 is 4.79 Å². The Labute approximate surface area is 116 Å². The standard InChI is InChI=1S/C15H14N4O/c1-10-6-5-9-13(11(10)2)17-15(20)12-7-3-4-8-14(12)18-19-16/h3-9H,1-2H3,(H,17,20). The van der Waals surface area contributed by atoms with Crippen LogP contribution in [0.1, 0.15) is 21.5 Å². The highest BCUT2D eigenvalue weighted by atomic mass is 16.1. The van der Waals surface area contributed by atoms with Gasteiger partial charge in [-0.1, -0.05) is 35.4 Å². The number of carbonyl (C=O) groups is 1. The van der Waals surface area contributed by atoms with Crippen LogP contribution in [0.25, 0.3) is 10.4 Å². The number of amides is 1. The lowest BCUT2D eigenvalue weighted by Crippen LogP contribution is -2.13. The van der Waals surface area contributed by atoms with Crippen molar-refractivity contribution in [3.8, 4) is 0 Å². The van der Waals surface area contributed by atoms with E-state index >= 15 is 0 Å². The van der Waals surface area contributed by atoms with Gasteiger partial charge in [-0.2, -0.15) is 0 Å². The Morgan fingerprint density at radius 2 is 1.90 bits per heavy atom. The first-order valence-electron chi connectivity index (χ1n) is 6.15. The van der Waals surface area contributed by atoms with Crippen molar-refractivity contribution in [2.75, 3.05) is 5.32 Å². The Morgan fingerprint density at radius 1 is 1.15 bits per heavy atom. The van der Waals surface area contributed by atoms with E-state index in [1.165, 1.54) is 0 Å². The molecule has 1 N–H and O–H groups in total. The third kappa shape index (κ3) is 2.79. The molecule has 0 heterocycles. The van der Waals surface area contributed by atoms with Gasteiger partial charge in [-0.15, -0.1) is 0 Å².